The molecular formula is C32H30FN3O3. The van der Waals surface area contributed by atoms with Crippen molar-refractivity contribution in [3.05, 3.63) is 120 Å². The number of halogens is 1. The summed E-state index contributed by atoms with van der Waals surface area (Å²) in [5.74, 6) is 0.0275. The smallest absolute Gasteiger partial charge is 0.254 e. The zero-order chi connectivity index (χ0) is 27.0. The maximum Gasteiger partial charge on any atom is 0.254 e. The molecule has 1 atom stereocenters. The minimum absolute atomic E-state index is 0.132. The summed E-state index contributed by atoms with van der Waals surface area (Å²) >= 11 is 0. The first-order valence-electron chi connectivity index (χ1n) is 13.1. The Labute approximate surface area is 227 Å². The summed E-state index contributed by atoms with van der Waals surface area (Å²) in [6.45, 7) is 1.25. The van der Waals surface area contributed by atoms with Crippen LogP contribution in [0.4, 0.5) is 4.39 Å². The van der Waals surface area contributed by atoms with Crippen LogP contribution >= 0.6 is 0 Å². The van der Waals surface area contributed by atoms with Gasteiger partial charge in [-0.1, -0.05) is 42.5 Å². The molecule has 6 nitrogen and oxygen atoms in total. The Balaban J connectivity index is 1.34. The van der Waals surface area contributed by atoms with Crippen LogP contribution in [0, 0.1) is 5.82 Å². The second-order valence-corrected chi connectivity index (χ2v) is 9.58. The highest BCUT2D eigenvalue weighted by Gasteiger charge is 2.31. The molecule has 0 bridgehead atoms. The number of aromatic nitrogens is 1. The quantitative estimate of drug-likeness (QED) is 0.318. The molecule has 0 radical (unpaired) electrons. The fourth-order valence-electron chi connectivity index (χ4n) is 4.71. The van der Waals surface area contributed by atoms with Crippen molar-refractivity contribution in [2.75, 3.05) is 6.54 Å². The lowest BCUT2D eigenvalue weighted by Gasteiger charge is -2.30. The van der Waals surface area contributed by atoms with E-state index < -0.39 is 6.04 Å². The Morgan fingerprint density at radius 3 is 2.51 bits per heavy atom. The molecule has 39 heavy (non-hydrogen) atoms. The fourth-order valence-corrected chi connectivity index (χ4v) is 4.71. The van der Waals surface area contributed by atoms with Crippen molar-refractivity contribution in [2.45, 2.75) is 38.5 Å². The number of carbonyl (C=O) groups excluding carboxylic acids is 2. The molecule has 0 saturated carbocycles. The average Bonchev–Trinajstić information content (AvgIpc) is 3.19. The average molecular weight is 524 g/mol. The predicted molar refractivity (Wildman–Crippen MR) is 147 cm³/mol. The molecular weight excluding hydrogens is 493 g/mol. The van der Waals surface area contributed by atoms with Crippen molar-refractivity contribution in [1.29, 1.82) is 0 Å². The maximum absolute atomic E-state index is 13.8. The lowest BCUT2D eigenvalue weighted by atomic mass is 10.0. The maximum atomic E-state index is 13.8. The lowest BCUT2D eigenvalue weighted by Crippen LogP contribution is -2.48. The Morgan fingerprint density at radius 2 is 1.77 bits per heavy atom. The number of rotatable bonds is 8. The molecule has 1 fully saturated rings. The van der Waals surface area contributed by atoms with Gasteiger partial charge in [0.15, 0.2) is 0 Å². The van der Waals surface area contributed by atoms with Gasteiger partial charge in [-0.3, -0.25) is 14.6 Å². The monoisotopic (exact) mass is 523 g/mol. The summed E-state index contributed by atoms with van der Waals surface area (Å²) < 4.78 is 19.5. The minimum atomic E-state index is -0.567. The van der Waals surface area contributed by atoms with E-state index in [9.17, 15) is 14.0 Å². The van der Waals surface area contributed by atoms with Crippen LogP contribution in [-0.4, -0.2) is 34.3 Å². The minimum Gasteiger partial charge on any atom is -0.487 e. The van der Waals surface area contributed by atoms with Crippen LogP contribution in [0.3, 0.4) is 0 Å². The summed E-state index contributed by atoms with van der Waals surface area (Å²) in [5, 5.41) is 2.95. The molecule has 1 aliphatic rings. The van der Waals surface area contributed by atoms with Gasteiger partial charge in [0.1, 0.15) is 24.2 Å². The largest absolute Gasteiger partial charge is 0.487 e. The number of nitrogens with zero attached hydrogens (tertiary/aromatic N) is 2. The fraction of sp³-hybridized carbons (Fsp3) is 0.219. The summed E-state index contributed by atoms with van der Waals surface area (Å²) in [5.41, 5.74) is 3.75. The molecule has 2 heterocycles. The van der Waals surface area contributed by atoms with Crippen molar-refractivity contribution >= 4 is 11.8 Å². The van der Waals surface area contributed by atoms with Gasteiger partial charge in [-0.2, -0.15) is 0 Å². The first-order valence-corrected chi connectivity index (χ1v) is 13.1. The number of pyridine rings is 1. The van der Waals surface area contributed by atoms with E-state index in [0.29, 0.717) is 30.9 Å². The van der Waals surface area contributed by atoms with Gasteiger partial charge in [0.25, 0.3) is 5.91 Å². The SMILES string of the molecule is O=C1NCCCC[C@@H]1N(Cc1ccc(OCc2ccccn2)cc1)C(=O)c1ccc(-c2cccc(F)c2)cc1. The highest BCUT2D eigenvalue weighted by atomic mass is 19.1. The molecule has 0 unspecified atom stereocenters. The molecule has 4 aromatic rings. The van der Waals surface area contributed by atoms with Gasteiger partial charge >= 0.3 is 0 Å². The Morgan fingerprint density at radius 1 is 0.949 bits per heavy atom. The lowest BCUT2D eigenvalue weighted by molar-refractivity contribution is -0.125. The van der Waals surface area contributed by atoms with Gasteiger partial charge in [-0.15, -0.1) is 0 Å². The van der Waals surface area contributed by atoms with Crippen molar-refractivity contribution in [1.82, 2.24) is 15.2 Å². The number of ether oxygens (including phenoxy) is 1. The molecule has 1 N–H and O–H groups in total. The van der Waals surface area contributed by atoms with Crippen LogP contribution < -0.4 is 10.1 Å². The number of benzene rings is 3. The Kier molecular flexibility index (Phi) is 8.26. The summed E-state index contributed by atoms with van der Waals surface area (Å²) in [6.07, 6.45) is 4.07. The third-order valence-corrected chi connectivity index (χ3v) is 6.82. The normalized spacial score (nSPS) is 15.2. The van der Waals surface area contributed by atoms with Crippen LogP contribution in [0.15, 0.2) is 97.2 Å². The Bertz CT molecular complexity index is 1410. The molecule has 5 rings (SSSR count). The van der Waals surface area contributed by atoms with Crippen molar-refractivity contribution in [3.63, 3.8) is 0 Å². The van der Waals surface area contributed by atoms with Gasteiger partial charge in [-0.05, 0) is 84.5 Å². The summed E-state index contributed by atoms with van der Waals surface area (Å²) in [6, 6.07) is 26.1. The van der Waals surface area contributed by atoms with E-state index in [0.717, 1.165) is 35.2 Å². The van der Waals surface area contributed by atoms with E-state index >= 15 is 0 Å². The molecule has 7 heteroatoms. The molecule has 1 saturated heterocycles. The number of nitrogens with one attached hydrogen (secondary N) is 1. The number of carbonyl (C=O) groups is 2. The van der Waals surface area contributed by atoms with Gasteiger partial charge < -0.3 is 15.0 Å². The van der Waals surface area contributed by atoms with E-state index in [2.05, 4.69) is 10.3 Å². The van der Waals surface area contributed by atoms with E-state index in [1.54, 1.807) is 41.4 Å². The van der Waals surface area contributed by atoms with Crippen molar-refractivity contribution in [3.8, 4) is 16.9 Å². The van der Waals surface area contributed by atoms with Crippen LogP contribution in [0.1, 0.15) is 40.9 Å². The van der Waals surface area contributed by atoms with Crippen molar-refractivity contribution < 1.29 is 18.7 Å². The number of hydrogen-bond donors (Lipinski definition) is 1. The van der Waals surface area contributed by atoms with E-state index in [-0.39, 0.29) is 24.2 Å². The number of hydrogen-bond acceptors (Lipinski definition) is 4. The summed E-state index contributed by atoms with van der Waals surface area (Å²) in [7, 11) is 0. The van der Waals surface area contributed by atoms with Gasteiger partial charge in [0.2, 0.25) is 5.91 Å². The van der Waals surface area contributed by atoms with Gasteiger partial charge in [0, 0.05) is 24.8 Å². The first kappa shape index (κ1) is 26.1. The van der Waals surface area contributed by atoms with E-state index in [1.807, 2.05) is 48.5 Å². The third kappa shape index (κ3) is 6.68. The van der Waals surface area contributed by atoms with Crippen LogP contribution in [0.5, 0.6) is 5.75 Å². The molecule has 0 aliphatic carbocycles. The van der Waals surface area contributed by atoms with Crippen LogP contribution in [0.25, 0.3) is 11.1 Å². The van der Waals surface area contributed by atoms with Gasteiger partial charge in [-0.25, -0.2) is 4.39 Å². The molecule has 198 valence electrons. The molecule has 1 aliphatic heterocycles. The third-order valence-electron chi connectivity index (χ3n) is 6.82. The van der Waals surface area contributed by atoms with Crippen molar-refractivity contribution in [2.24, 2.45) is 0 Å². The molecule has 1 aromatic heterocycles. The predicted octanol–water partition coefficient (Wildman–Crippen LogP) is 5.78. The zero-order valence-corrected chi connectivity index (χ0v) is 21.6. The van der Waals surface area contributed by atoms with Crippen LogP contribution in [0.2, 0.25) is 0 Å². The summed E-state index contributed by atoms with van der Waals surface area (Å²) in [4.78, 5) is 32.7. The standard InChI is InChI=1S/C32H30FN3O3/c33-27-7-5-6-26(20-27)24-12-14-25(15-13-24)32(38)36(30-9-2-4-19-35-31(30)37)21-23-10-16-29(17-11-23)39-22-28-8-1-3-18-34-28/h1,3,5-8,10-18,20,30H,2,4,9,19,21-22H2,(H,35,37)/t30-/m0/s1. The highest BCUT2D eigenvalue weighted by Crippen LogP contribution is 2.24. The molecule has 2 amide bonds. The van der Waals surface area contributed by atoms with Crippen LogP contribution in [-0.2, 0) is 17.9 Å². The Hall–Kier alpha value is -4.52. The topological polar surface area (TPSA) is 71.5 Å². The second-order valence-electron chi connectivity index (χ2n) is 9.58. The highest BCUT2D eigenvalue weighted by molar-refractivity contribution is 5.98. The van der Waals surface area contributed by atoms with E-state index in [4.69, 9.17) is 4.74 Å². The number of amides is 2. The molecule has 3 aromatic carbocycles. The second kappa shape index (κ2) is 12.3. The van der Waals surface area contributed by atoms with Gasteiger partial charge in [0.05, 0.1) is 5.69 Å². The molecule has 0 spiro atoms. The first-order chi connectivity index (χ1) is 19.1. The van der Waals surface area contributed by atoms with E-state index in [1.165, 1.54) is 12.1 Å². The zero-order valence-electron chi connectivity index (χ0n) is 21.6.